The SMILES string of the molecule is CCCCOc1ccc(/C(O)=C2/C(=O)C(=O)N(CCCN3CCOCC3)C2c2ccc(C(C)(C)C)cc2)cc1C. The predicted octanol–water partition coefficient (Wildman–Crippen LogP) is 5.62. The lowest BCUT2D eigenvalue weighted by molar-refractivity contribution is -0.140. The Balaban J connectivity index is 1.67. The van der Waals surface area contributed by atoms with Gasteiger partial charge in [-0.05, 0) is 60.1 Å². The van der Waals surface area contributed by atoms with Crippen LogP contribution in [-0.2, 0) is 19.7 Å². The van der Waals surface area contributed by atoms with Crippen molar-refractivity contribution in [1.29, 1.82) is 0 Å². The maximum atomic E-state index is 13.5. The number of carbonyl (C=O) groups excluding carboxylic acids is 2. The Bertz CT molecular complexity index is 1220. The molecule has 216 valence electrons. The first-order chi connectivity index (χ1) is 19.1. The van der Waals surface area contributed by atoms with Crippen LogP contribution in [0.3, 0.4) is 0 Å². The molecule has 40 heavy (non-hydrogen) atoms. The molecule has 0 spiro atoms. The van der Waals surface area contributed by atoms with Gasteiger partial charge in [0.05, 0.1) is 31.4 Å². The highest BCUT2D eigenvalue weighted by molar-refractivity contribution is 6.46. The number of hydrogen-bond acceptors (Lipinski definition) is 6. The first-order valence-corrected chi connectivity index (χ1v) is 14.5. The number of carbonyl (C=O) groups is 2. The van der Waals surface area contributed by atoms with Crippen LogP contribution in [0.5, 0.6) is 5.75 Å². The third-order valence-electron chi connectivity index (χ3n) is 7.81. The van der Waals surface area contributed by atoms with Gasteiger partial charge in [-0.25, -0.2) is 0 Å². The van der Waals surface area contributed by atoms with E-state index in [1.807, 2.05) is 31.2 Å². The fraction of sp³-hybridized carbons (Fsp3) is 0.515. The number of nitrogens with zero attached hydrogens (tertiary/aromatic N) is 2. The van der Waals surface area contributed by atoms with Crippen molar-refractivity contribution in [1.82, 2.24) is 9.80 Å². The minimum Gasteiger partial charge on any atom is -0.507 e. The molecule has 0 bridgehead atoms. The number of likely N-dealkylation sites (tertiary alicyclic amines) is 1. The maximum Gasteiger partial charge on any atom is 0.295 e. The van der Waals surface area contributed by atoms with Gasteiger partial charge < -0.3 is 19.5 Å². The van der Waals surface area contributed by atoms with Gasteiger partial charge in [0.1, 0.15) is 11.5 Å². The van der Waals surface area contributed by atoms with Crippen LogP contribution in [0.25, 0.3) is 5.76 Å². The van der Waals surface area contributed by atoms with Crippen LogP contribution in [0.15, 0.2) is 48.0 Å². The van der Waals surface area contributed by atoms with E-state index in [4.69, 9.17) is 9.47 Å². The van der Waals surface area contributed by atoms with Crippen molar-refractivity contribution in [3.8, 4) is 5.75 Å². The molecule has 1 unspecified atom stereocenters. The minimum atomic E-state index is -0.653. The molecule has 0 aromatic heterocycles. The van der Waals surface area contributed by atoms with Crippen LogP contribution in [0.1, 0.15) is 75.3 Å². The van der Waals surface area contributed by atoms with E-state index in [1.54, 1.807) is 11.0 Å². The molecule has 7 nitrogen and oxygen atoms in total. The molecular formula is C33H44N2O5. The van der Waals surface area contributed by atoms with E-state index >= 15 is 0 Å². The number of aryl methyl sites for hydroxylation is 1. The summed E-state index contributed by atoms with van der Waals surface area (Å²) in [5.74, 6) is -0.607. The lowest BCUT2D eigenvalue weighted by Gasteiger charge is -2.29. The number of unbranched alkanes of at least 4 members (excludes halogenated alkanes) is 1. The Morgan fingerprint density at radius 1 is 1.02 bits per heavy atom. The predicted molar refractivity (Wildman–Crippen MR) is 158 cm³/mol. The average Bonchev–Trinajstić information content (AvgIpc) is 3.19. The molecule has 1 amide bonds. The zero-order valence-electron chi connectivity index (χ0n) is 24.7. The summed E-state index contributed by atoms with van der Waals surface area (Å²) in [6.07, 6.45) is 2.73. The van der Waals surface area contributed by atoms with E-state index in [-0.39, 0.29) is 16.7 Å². The third-order valence-corrected chi connectivity index (χ3v) is 7.81. The molecule has 1 N–H and O–H groups in total. The second-order valence-electron chi connectivity index (χ2n) is 11.9. The second kappa shape index (κ2) is 13.0. The van der Waals surface area contributed by atoms with Crippen molar-refractivity contribution in [2.24, 2.45) is 0 Å². The van der Waals surface area contributed by atoms with Crippen molar-refractivity contribution in [3.05, 3.63) is 70.3 Å². The highest BCUT2D eigenvalue weighted by atomic mass is 16.5. The Morgan fingerprint density at radius 3 is 2.35 bits per heavy atom. The summed E-state index contributed by atoms with van der Waals surface area (Å²) in [5.41, 5.74) is 3.45. The van der Waals surface area contributed by atoms with Crippen LogP contribution in [0.2, 0.25) is 0 Å². The van der Waals surface area contributed by atoms with Crippen LogP contribution >= 0.6 is 0 Å². The minimum absolute atomic E-state index is 0.0308. The Morgan fingerprint density at radius 2 is 1.73 bits per heavy atom. The number of aliphatic hydroxyl groups is 1. The maximum absolute atomic E-state index is 13.5. The Kier molecular flexibility index (Phi) is 9.69. The van der Waals surface area contributed by atoms with Gasteiger partial charge in [-0.2, -0.15) is 0 Å². The third kappa shape index (κ3) is 6.76. The van der Waals surface area contributed by atoms with E-state index < -0.39 is 17.7 Å². The summed E-state index contributed by atoms with van der Waals surface area (Å²) in [6.45, 7) is 15.5. The number of rotatable bonds is 10. The number of hydrogen-bond donors (Lipinski definition) is 1. The molecule has 4 rings (SSSR count). The van der Waals surface area contributed by atoms with Gasteiger partial charge in [0.25, 0.3) is 11.7 Å². The number of aliphatic hydroxyl groups excluding tert-OH is 1. The van der Waals surface area contributed by atoms with Gasteiger partial charge in [-0.15, -0.1) is 0 Å². The van der Waals surface area contributed by atoms with Gasteiger partial charge >= 0.3 is 0 Å². The highest BCUT2D eigenvalue weighted by Gasteiger charge is 2.46. The number of amides is 1. The largest absolute Gasteiger partial charge is 0.507 e. The monoisotopic (exact) mass is 548 g/mol. The molecule has 1 atom stereocenters. The first kappa shape index (κ1) is 29.8. The smallest absolute Gasteiger partial charge is 0.295 e. The molecule has 0 radical (unpaired) electrons. The number of benzene rings is 2. The van der Waals surface area contributed by atoms with Crippen molar-refractivity contribution >= 4 is 17.4 Å². The number of Topliss-reactive ketones (excluding diaryl/α,β-unsaturated/α-hetero) is 1. The van der Waals surface area contributed by atoms with E-state index in [1.165, 1.54) is 0 Å². The van der Waals surface area contributed by atoms with Crippen molar-refractivity contribution in [2.75, 3.05) is 46.0 Å². The molecule has 7 heteroatoms. The topological polar surface area (TPSA) is 79.3 Å². The lowest BCUT2D eigenvalue weighted by Crippen LogP contribution is -2.39. The van der Waals surface area contributed by atoms with Crippen LogP contribution in [0.4, 0.5) is 0 Å². The van der Waals surface area contributed by atoms with Crippen LogP contribution < -0.4 is 4.74 Å². The molecule has 2 saturated heterocycles. The summed E-state index contributed by atoms with van der Waals surface area (Å²) in [6, 6.07) is 12.8. The summed E-state index contributed by atoms with van der Waals surface area (Å²) < 4.78 is 11.3. The summed E-state index contributed by atoms with van der Waals surface area (Å²) >= 11 is 0. The number of morpholine rings is 1. The average molecular weight is 549 g/mol. The van der Waals surface area contributed by atoms with E-state index in [2.05, 4.69) is 44.7 Å². The standard InChI is InChI=1S/C33H44N2O5/c1-6-7-19-40-27-14-11-25(22-23(27)2)30(36)28-29(24-9-12-26(13-10-24)33(3,4)5)35(32(38)31(28)37)16-8-15-34-17-20-39-21-18-34/h9-14,22,29,36H,6-8,15-21H2,1-5H3/b30-28-. The quantitative estimate of drug-likeness (QED) is 0.180. The van der Waals surface area contributed by atoms with Crippen molar-refractivity contribution in [2.45, 2.75) is 65.3 Å². The molecule has 2 aromatic rings. The van der Waals surface area contributed by atoms with Crippen molar-refractivity contribution < 1.29 is 24.2 Å². The normalized spacial score (nSPS) is 19.8. The lowest BCUT2D eigenvalue weighted by atomic mass is 9.85. The number of ether oxygens (including phenoxy) is 2. The molecule has 2 aliphatic rings. The Hall–Kier alpha value is -3.16. The molecule has 2 aliphatic heterocycles. The molecule has 0 saturated carbocycles. The summed E-state index contributed by atoms with van der Waals surface area (Å²) in [4.78, 5) is 30.8. The number of ketones is 1. The fourth-order valence-corrected chi connectivity index (χ4v) is 5.35. The molecule has 2 aromatic carbocycles. The van der Waals surface area contributed by atoms with E-state index in [0.29, 0.717) is 31.9 Å². The van der Waals surface area contributed by atoms with E-state index in [0.717, 1.165) is 61.3 Å². The second-order valence-corrected chi connectivity index (χ2v) is 11.9. The Labute approximate surface area is 238 Å². The molecular weight excluding hydrogens is 504 g/mol. The zero-order chi connectivity index (χ0) is 28.9. The fourth-order valence-electron chi connectivity index (χ4n) is 5.35. The highest BCUT2D eigenvalue weighted by Crippen LogP contribution is 2.40. The molecule has 2 fully saturated rings. The van der Waals surface area contributed by atoms with Gasteiger partial charge in [0, 0.05) is 31.7 Å². The van der Waals surface area contributed by atoms with E-state index in [9.17, 15) is 14.7 Å². The van der Waals surface area contributed by atoms with Gasteiger partial charge in [-0.1, -0.05) is 58.4 Å². The molecule has 0 aliphatic carbocycles. The molecule has 2 heterocycles. The van der Waals surface area contributed by atoms with Gasteiger partial charge in [0.2, 0.25) is 0 Å². The first-order valence-electron chi connectivity index (χ1n) is 14.5. The summed E-state index contributed by atoms with van der Waals surface area (Å²) in [5, 5.41) is 11.5. The van der Waals surface area contributed by atoms with Crippen LogP contribution in [0, 0.1) is 6.92 Å². The summed E-state index contributed by atoms with van der Waals surface area (Å²) in [7, 11) is 0. The van der Waals surface area contributed by atoms with Crippen LogP contribution in [-0.4, -0.2) is 72.6 Å². The van der Waals surface area contributed by atoms with Crippen molar-refractivity contribution in [3.63, 3.8) is 0 Å². The van der Waals surface area contributed by atoms with Gasteiger partial charge in [-0.3, -0.25) is 14.5 Å². The zero-order valence-corrected chi connectivity index (χ0v) is 24.7. The van der Waals surface area contributed by atoms with Gasteiger partial charge in [0.15, 0.2) is 0 Å².